The zero-order valence-electron chi connectivity index (χ0n) is 8.63. The summed E-state index contributed by atoms with van der Waals surface area (Å²) in [5, 5.41) is 0. The van der Waals surface area contributed by atoms with E-state index in [9.17, 15) is 0 Å². The first-order valence-electron chi connectivity index (χ1n) is 4.79. The fourth-order valence-corrected chi connectivity index (χ4v) is 1.39. The third-order valence-electron chi connectivity index (χ3n) is 2.11. The van der Waals surface area contributed by atoms with Crippen LogP contribution in [0.25, 0.3) is 11.4 Å². The molecule has 16 heavy (non-hydrogen) atoms. The van der Waals surface area contributed by atoms with Gasteiger partial charge in [0, 0.05) is 6.20 Å². The maximum absolute atomic E-state index is 5.61. The molecular weight excluding hydrogens is 204 g/mol. The number of rotatable bonds is 3. The number of pyridine rings is 2. The molecule has 0 amide bonds. The zero-order chi connectivity index (χ0) is 11.4. The average molecular weight is 216 g/mol. The maximum Gasteiger partial charge on any atom is 0.124 e. The number of nitrogens with zero attached hydrogens (tertiary/aromatic N) is 2. The van der Waals surface area contributed by atoms with Gasteiger partial charge in [-0.3, -0.25) is 9.82 Å². The first kappa shape index (κ1) is 10.5. The molecule has 0 aliphatic carbocycles. The molecule has 0 aliphatic heterocycles. The van der Waals surface area contributed by atoms with E-state index in [0.717, 1.165) is 17.0 Å². The minimum atomic E-state index is 0.345. The molecule has 0 radical (unpaired) electrons. The van der Waals surface area contributed by atoms with Crippen LogP contribution < -0.4 is 11.6 Å². The van der Waals surface area contributed by atoms with E-state index in [0.29, 0.717) is 12.4 Å². The highest BCUT2D eigenvalue weighted by atomic mass is 16.6. The Labute approximate surface area is 93.0 Å². The van der Waals surface area contributed by atoms with Gasteiger partial charge in [0.2, 0.25) is 0 Å². The summed E-state index contributed by atoms with van der Waals surface area (Å²) in [7, 11) is 0. The minimum Gasteiger partial charge on any atom is -0.384 e. The van der Waals surface area contributed by atoms with E-state index in [1.54, 1.807) is 12.3 Å². The Morgan fingerprint density at radius 2 is 2.06 bits per heavy atom. The van der Waals surface area contributed by atoms with Gasteiger partial charge < -0.3 is 5.73 Å². The van der Waals surface area contributed by atoms with E-state index in [2.05, 4.69) is 14.8 Å². The molecule has 0 saturated carbocycles. The van der Waals surface area contributed by atoms with Crippen LogP contribution in [-0.2, 0) is 11.4 Å². The number of anilines is 1. The number of hydrogen-bond donors (Lipinski definition) is 2. The first-order valence-corrected chi connectivity index (χ1v) is 4.79. The smallest absolute Gasteiger partial charge is 0.124 e. The highest BCUT2D eigenvalue weighted by Crippen LogP contribution is 2.16. The van der Waals surface area contributed by atoms with E-state index in [1.165, 1.54) is 0 Å². The molecule has 0 bridgehead atoms. The first-order chi connectivity index (χ1) is 7.79. The molecule has 0 spiro atoms. The van der Waals surface area contributed by atoms with Gasteiger partial charge in [0.05, 0.1) is 18.0 Å². The van der Waals surface area contributed by atoms with Crippen molar-refractivity contribution in [1.29, 1.82) is 0 Å². The van der Waals surface area contributed by atoms with Gasteiger partial charge in [0.1, 0.15) is 5.82 Å². The predicted molar refractivity (Wildman–Crippen MR) is 60.9 cm³/mol. The molecule has 0 aromatic carbocycles. The summed E-state index contributed by atoms with van der Waals surface area (Å²) in [6, 6.07) is 9.13. The average Bonchev–Trinajstić information content (AvgIpc) is 2.30. The van der Waals surface area contributed by atoms with Gasteiger partial charge in [-0.1, -0.05) is 6.07 Å². The van der Waals surface area contributed by atoms with Crippen LogP contribution >= 0.6 is 0 Å². The molecular formula is C11H12N4O. The fourth-order valence-electron chi connectivity index (χ4n) is 1.39. The van der Waals surface area contributed by atoms with Crippen molar-refractivity contribution in [2.24, 2.45) is 5.90 Å². The quantitative estimate of drug-likeness (QED) is 0.750. The standard InChI is InChI=1S/C11H12N4O/c12-11-3-1-2-9(15-11)10-6-8(7-16-13)4-5-14-10/h1-6H,7,13H2,(H2,12,15). The van der Waals surface area contributed by atoms with E-state index in [4.69, 9.17) is 11.6 Å². The number of aromatic nitrogens is 2. The van der Waals surface area contributed by atoms with Gasteiger partial charge in [0.25, 0.3) is 0 Å². The second-order valence-electron chi connectivity index (χ2n) is 3.31. The van der Waals surface area contributed by atoms with Crippen LogP contribution in [-0.4, -0.2) is 9.97 Å². The third kappa shape index (κ3) is 2.33. The summed E-state index contributed by atoms with van der Waals surface area (Å²) < 4.78 is 0. The number of hydrogen-bond acceptors (Lipinski definition) is 5. The van der Waals surface area contributed by atoms with Gasteiger partial charge in [-0.15, -0.1) is 0 Å². The lowest BCUT2D eigenvalue weighted by atomic mass is 10.2. The Morgan fingerprint density at radius 1 is 1.19 bits per heavy atom. The lowest BCUT2D eigenvalue weighted by molar-refractivity contribution is 0.124. The highest BCUT2D eigenvalue weighted by Gasteiger charge is 2.02. The van der Waals surface area contributed by atoms with Crippen molar-refractivity contribution in [2.75, 3.05) is 5.73 Å². The van der Waals surface area contributed by atoms with Crippen LogP contribution in [0.4, 0.5) is 5.82 Å². The third-order valence-corrected chi connectivity index (χ3v) is 2.11. The molecule has 2 heterocycles. The van der Waals surface area contributed by atoms with Gasteiger partial charge >= 0.3 is 0 Å². The zero-order valence-corrected chi connectivity index (χ0v) is 8.63. The van der Waals surface area contributed by atoms with Crippen LogP contribution in [0, 0.1) is 0 Å². The van der Waals surface area contributed by atoms with Crippen molar-refractivity contribution in [3.8, 4) is 11.4 Å². The molecule has 2 aromatic heterocycles. The highest BCUT2D eigenvalue weighted by molar-refractivity contribution is 5.56. The molecule has 2 rings (SSSR count). The Hall–Kier alpha value is -1.98. The van der Waals surface area contributed by atoms with Gasteiger partial charge in [0.15, 0.2) is 0 Å². The molecule has 82 valence electrons. The number of nitrogen functional groups attached to an aromatic ring is 1. The fraction of sp³-hybridized carbons (Fsp3) is 0.0909. The summed E-state index contributed by atoms with van der Waals surface area (Å²) in [6.07, 6.45) is 1.69. The SMILES string of the molecule is NOCc1ccnc(-c2cccc(N)n2)c1. The summed E-state index contributed by atoms with van der Waals surface area (Å²) in [4.78, 5) is 13.0. The predicted octanol–water partition coefficient (Wildman–Crippen LogP) is 1.12. The summed E-state index contributed by atoms with van der Waals surface area (Å²) in [5.41, 5.74) is 8.04. The van der Waals surface area contributed by atoms with Crippen LogP contribution in [0.3, 0.4) is 0 Å². The molecule has 2 aromatic rings. The van der Waals surface area contributed by atoms with Crippen molar-refractivity contribution in [3.63, 3.8) is 0 Å². The van der Waals surface area contributed by atoms with Gasteiger partial charge in [-0.25, -0.2) is 10.9 Å². The van der Waals surface area contributed by atoms with Crippen LogP contribution in [0.15, 0.2) is 36.5 Å². The molecule has 0 unspecified atom stereocenters. The van der Waals surface area contributed by atoms with Crippen molar-refractivity contribution >= 4 is 5.82 Å². The minimum absolute atomic E-state index is 0.345. The Morgan fingerprint density at radius 3 is 2.81 bits per heavy atom. The van der Waals surface area contributed by atoms with E-state index < -0.39 is 0 Å². The normalized spacial score (nSPS) is 10.3. The van der Waals surface area contributed by atoms with Crippen molar-refractivity contribution in [1.82, 2.24) is 9.97 Å². The molecule has 5 nitrogen and oxygen atoms in total. The van der Waals surface area contributed by atoms with E-state index >= 15 is 0 Å². The Balaban J connectivity index is 2.36. The maximum atomic E-state index is 5.61. The Bertz CT molecular complexity index is 487. The topological polar surface area (TPSA) is 87.0 Å². The second-order valence-corrected chi connectivity index (χ2v) is 3.31. The summed E-state index contributed by atoms with van der Waals surface area (Å²) >= 11 is 0. The molecule has 5 heteroatoms. The summed E-state index contributed by atoms with van der Waals surface area (Å²) in [6.45, 7) is 0.345. The van der Waals surface area contributed by atoms with Crippen molar-refractivity contribution in [3.05, 3.63) is 42.1 Å². The van der Waals surface area contributed by atoms with E-state index in [1.807, 2.05) is 24.3 Å². The molecule has 0 saturated heterocycles. The van der Waals surface area contributed by atoms with Crippen molar-refractivity contribution < 1.29 is 4.84 Å². The van der Waals surface area contributed by atoms with Gasteiger partial charge in [-0.05, 0) is 29.8 Å². The van der Waals surface area contributed by atoms with Crippen LogP contribution in [0.1, 0.15) is 5.56 Å². The largest absolute Gasteiger partial charge is 0.384 e. The summed E-state index contributed by atoms with van der Waals surface area (Å²) in [5.74, 6) is 5.49. The second kappa shape index (κ2) is 4.69. The molecule has 0 aliphatic rings. The lowest BCUT2D eigenvalue weighted by Crippen LogP contribution is -2.00. The van der Waals surface area contributed by atoms with Crippen molar-refractivity contribution in [2.45, 2.75) is 6.61 Å². The molecule has 0 fully saturated rings. The van der Waals surface area contributed by atoms with E-state index in [-0.39, 0.29) is 0 Å². The molecule has 0 atom stereocenters. The lowest BCUT2D eigenvalue weighted by Gasteiger charge is -2.03. The van der Waals surface area contributed by atoms with Gasteiger partial charge in [-0.2, -0.15) is 0 Å². The van der Waals surface area contributed by atoms with Crippen LogP contribution in [0.2, 0.25) is 0 Å². The van der Waals surface area contributed by atoms with Crippen LogP contribution in [0.5, 0.6) is 0 Å². The monoisotopic (exact) mass is 216 g/mol. The number of nitrogens with two attached hydrogens (primary N) is 2. The molecule has 4 N–H and O–H groups in total. The Kier molecular flexibility index (Phi) is 3.09.